The van der Waals surface area contributed by atoms with Crippen molar-refractivity contribution in [1.82, 2.24) is 9.62 Å². The first kappa shape index (κ1) is 18.6. The van der Waals surface area contributed by atoms with E-state index < -0.39 is 16.1 Å². The van der Waals surface area contributed by atoms with E-state index in [9.17, 15) is 13.2 Å². The fraction of sp³-hybridized carbons (Fsp3) is 0.350. The minimum atomic E-state index is -3.67. The van der Waals surface area contributed by atoms with Gasteiger partial charge in [-0.15, -0.1) is 0 Å². The highest BCUT2D eigenvalue weighted by atomic mass is 32.2. The zero-order valence-electron chi connectivity index (χ0n) is 14.9. The lowest BCUT2D eigenvalue weighted by Crippen LogP contribution is -2.42. The van der Waals surface area contributed by atoms with Crippen LogP contribution in [0.3, 0.4) is 0 Å². The molecule has 26 heavy (non-hydrogen) atoms. The molecule has 0 spiro atoms. The monoisotopic (exact) mass is 372 g/mol. The highest BCUT2D eigenvalue weighted by Crippen LogP contribution is 2.21. The number of carbonyl (C=O) groups is 1. The summed E-state index contributed by atoms with van der Waals surface area (Å²) < 4.78 is 28.0. The SMILES string of the molecule is Cc1ccc(CS(=O)(=O)N[C@H](C(=O)N2CCCC2)c2ccccc2)cc1. The zero-order valence-corrected chi connectivity index (χ0v) is 15.7. The van der Waals surface area contributed by atoms with Crippen molar-refractivity contribution in [2.75, 3.05) is 13.1 Å². The van der Waals surface area contributed by atoms with E-state index in [0.717, 1.165) is 18.4 Å². The molecule has 1 saturated heterocycles. The molecule has 3 rings (SSSR count). The van der Waals surface area contributed by atoms with Crippen molar-refractivity contribution >= 4 is 15.9 Å². The van der Waals surface area contributed by atoms with Crippen molar-refractivity contribution in [2.45, 2.75) is 31.6 Å². The second-order valence-corrected chi connectivity index (χ2v) is 8.49. The average molecular weight is 372 g/mol. The van der Waals surface area contributed by atoms with Gasteiger partial charge in [-0.2, -0.15) is 4.72 Å². The van der Waals surface area contributed by atoms with Crippen molar-refractivity contribution in [3.05, 3.63) is 71.3 Å². The van der Waals surface area contributed by atoms with E-state index in [4.69, 9.17) is 0 Å². The lowest BCUT2D eigenvalue weighted by atomic mass is 10.1. The molecule has 0 radical (unpaired) electrons. The molecule has 2 aromatic rings. The quantitative estimate of drug-likeness (QED) is 0.848. The van der Waals surface area contributed by atoms with Crippen molar-refractivity contribution in [1.29, 1.82) is 0 Å². The van der Waals surface area contributed by atoms with Gasteiger partial charge in [0.2, 0.25) is 15.9 Å². The summed E-state index contributed by atoms with van der Waals surface area (Å²) in [5.41, 5.74) is 2.44. The number of carbonyl (C=O) groups excluding carboxylic acids is 1. The van der Waals surface area contributed by atoms with Gasteiger partial charge in [0.05, 0.1) is 5.75 Å². The van der Waals surface area contributed by atoms with E-state index in [2.05, 4.69) is 4.72 Å². The number of likely N-dealkylation sites (tertiary alicyclic amines) is 1. The molecule has 1 aliphatic rings. The molecule has 1 fully saturated rings. The summed E-state index contributed by atoms with van der Waals surface area (Å²) in [6, 6.07) is 15.5. The molecule has 0 aliphatic carbocycles. The Morgan fingerprint density at radius 2 is 1.65 bits per heavy atom. The van der Waals surface area contributed by atoms with E-state index >= 15 is 0 Å². The third-order valence-corrected chi connectivity index (χ3v) is 5.88. The third-order valence-electron chi connectivity index (χ3n) is 4.57. The Balaban J connectivity index is 1.82. The maximum absolute atomic E-state index is 12.9. The second kappa shape index (κ2) is 8.01. The molecule has 1 atom stereocenters. The minimum Gasteiger partial charge on any atom is -0.341 e. The van der Waals surface area contributed by atoms with Crippen LogP contribution in [0, 0.1) is 6.92 Å². The van der Waals surface area contributed by atoms with Crippen LogP contribution in [0.2, 0.25) is 0 Å². The Labute approximate surface area is 155 Å². The highest BCUT2D eigenvalue weighted by Gasteiger charge is 2.31. The molecular formula is C20H24N2O3S. The summed E-state index contributed by atoms with van der Waals surface area (Å²) in [7, 11) is -3.67. The number of aryl methyl sites for hydroxylation is 1. The molecule has 0 bridgehead atoms. The van der Waals surface area contributed by atoms with Crippen molar-refractivity contribution in [3.8, 4) is 0 Å². The molecular weight excluding hydrogens is 348 g/mol. The minimum absolute atomic E-state index is 0.149. The first-order chi connectivity index (χ1) is 12.4. The Morgan fingerprint density at radius 1 is 1.04 bits per heavy atom. The van der Waals surface area contributed by atoms with Gasteiger partial charge in [-0.1, -0.05) is 60.2 Å². The van der Waals surface area contributed by atoms with Crippen LogP contribution < -0.4 is 4.72 Å². The standard InChI is InChI=1S/C20H24N2O3S/c1-16-9-11-17(12-10-16)15-26(24,25)21-19(18-7-3-2-4-8-18)20(23)22-13-5-6-14-22/h2-4,7-12,19,21H,5-6,13-15H2,1H3/t19-/m0/s1. The number of rotatable bonds is 6. The topological polar surface area (TPSA) is 66.5 Å². The smallest absolute Gasteiger partial charge is 0.245 e. The second-order valence-electron chi connectivity index (χ2n) is 6.74. The van der Waals surface area contributed by atoms with Crippen LogP contribution in [0.5, 0.6) is 0 Å². The maximum atomic E-state index is 12.9. The zero-order chi connectivity index (χ0) is 18.6. The summed E-state index contributed by atoms with van der Waals surface area (Å²) in [5.74, 6) is -0.328. The van der Waals surface area contributed by atoms with E-state index in [1.165, 1.54) is 0 Å². The van der Waals surface area contributed by atoms with E-state index in [-0.39, 0.29) is 11.7 Å². The molecule has 0 aromatic heterocycles. The molecule has 1 aliphatic heterocycles. The highest BCUT2D eigenvalue weighted by molar-refractivity contribution is 7.88. The first-order valence-corrected chi connectivity index (χ1v) is 10.5. The molecule has 1 N–H and O–H groups in total. The molecule has 0 unspecified atom stereocenters. The largest absolute Gasteiger partial charge is 0.341 e. The number of nitrogens with one attached hydrogen (secondary N) is 1. The van der Waals surface area contributed by atoms with E-state index in [1.807, 2.05) is 37.3 Å². The van der Waals surface area contributed by atoms with Gasteiger partial charge in [-0.25, -0.2) is 8.42 Å². The average Bonchev–Trinajstić information content (AvgIpc) is 3.16. The number of amides is 1. The van der Waals surface area contributed by atoms with Crippen molar-refractivity contribution < 1.29 is 13.2 Å². The van der Waals surface area contributed by atoms with Crippen LogP contribution in [0.4, 0.5) is 0 Å². The summed E-state index contributed by atoms with van der Waals surface area (Å²) >= 11 is 0. The number of benzene rings is 2. The lowest BCUT2D eigenvalue weighted by Gasteiger charge is -2.24. The fourth-order valence-electron chi connectivity index (χ4n) is 3.15. The molecule has 5 nitrogen and oxygen atoms in total. The fourth-order valence-corrected chi connectivity index (χ4v) is 4.46. The van der Waals surface area contributed by atoms with Gasteiger partial charge in [0.1, 0.15) is 6.04 Å². The van der Waals surface area contributed by atoms with Gasteiger partial charge in [0.25, 0.3) is 0 Å². The van der Waals surface area contributed by atoms with E-state index in [0.29, 0.717) is 24.2 Å². The molecule has 1 amide bonds. The third kappa shape index (κ3) is 4.71. The van der Waals surface area contributed by atoms with Gasteiger partial charge in [-0.3, -0.25) is 4.79 Å². The summed E-state index contributed by atoms with van der Waals surface area (Å²) in [4.78, 5) is 14.7. The Bertz CT molecular complexity index is 842. The van der Waals surface area contributed by atoms with Gasteiger partial charge < -0.3 is 4.90 Å². The first-order valence-electron chi connectivity index (χ1n) is 8.84. The Kier molecular flexibility index (Phi) is 5.74. The maximum Gasteiger partial charge on any atom is 0.245 e. The van der Waals surface area contributed by atoms with Crippen LogP contribution in [-0.4, -0.2) is 32.3 Å². The van der Waals surface area contributed by atoms with Crippen molar-refractivity contribution in [3.63, 3.8) is 0 Å². The number of sulfonamides is 1. The van der Waals surface area contributed by atoms with Crippen molar-refractivity contribution in [2.24, 2.45) is 0 Å². The van der Waals surface area contributed by atoms with Gasteiger partial charge in [-0.05, 0) is 30.9 Å². The summed E-state index contributed by atoms with van der Waals surface area (Å²) in [6.45, 7) is 3.32. The number of hydrogen-bond donors (Lipinski definition) is 1. The van der Waals surface area contributed by atoms with Crippen LogP contribution in [0.15, 0.2) is 54.6 Å². The molecule has 138 valence electrons. The predicted octanol–water partition coefficient (Wildman–Crippen LogP) is 2.78. The normalized spacial score (nSPS) is 15.8. The summed E-state index contributed by atoms with van der Waals surface area (Å²) in [6.07, 6.45) is 1.92. The predicted molar refractivity (Wildman–Crippen MR) is 102 cm³/mol. The Morgan fingerprint density at radius 3 is 2.27 bits per heavy atom. The van der Waals surface area contributed by atoms with Crippen LogP contribution in [0.1, 0.15) is 35.6 Å². The number of nitrogens with zero attached hydrogens (tertiary/aromatic N) is 1. The lowest BCUT2D eigenvalue weighted by molar-refractivity contribution is -0.132. The van der Waals surface area contributed by atoms with Crippen LogP contribution in [0.25, 0.3) is 0 Å². The number of hydrogen-bond acceptors (Lipinski definition) is 3. The summed E-state index contributed by atoms with van der Waals surface area (Å²) in [5, 5.41) is 0. The van der Waals surface area contributed by atoms with Crippen LogP contribution >= 0.6 is 0 Å². The van der Waals surface area contributed by atoms with Gasteiger partial charge in [0, 0.05) is 13.1 Å². The van der Waals surface area contributed by atoms with E-state index in [1.54, 1.807) is 29.2 Å². The molecule has 0 saturated carbocycles. The molecule has 2 aromatic carbocycles. The van der Waals surface area contributed by atoms with Gasteiger partial charge in [0.15, 0.2) is 0 Å². The molecule has 1 heterocycles. The van der Waals surface area contributed by atoms with Crippen LogP contribution in [-0.2, 0) is 20.6 Å². The Hall–Kier alpha value is -2.18. The molecule has 6 heteroatoms. The van der Waals surface area contributed by atoms with Gasteiger partial charge >= 0.3 is 0 Å².